The van der Waals surface area contributed by atoms with Crippen molar-refractivity contribution in [2.45, 2.75) is 12.3 Å². The Balaban J connectivity index is 1.14. The second-order valence-corrected chi connectivity index (χ2v) is 14.3. The molecular formula is C51H35N3O2. The standard InChI is InChI=1S/C51H35N3O2/c1-4-15-32(16-5-1)35-29-36(33-17-6-2-7-18-33)31-37(30-35)49-52-50(54-51(53-49)42-25-12-23-40-39-21-10-11-26-43(39)56-48(40)42)41-24-14-28-45-47(41)46-38(22-13-27-44(46)55-45)34-19-8-3-9-20-34/h1-31,50-51,54H,(H,52,53). The molecule has 2 N–H and O–H groups in total. The Kier molecular flexibility index (Phi) is 7.64. The highest BCUT2D eigenvalue weighted by atomic mass is 16.3. The van der Waals surface area contributed by atoms with Gasteiger partial charge in [-0.3, -0.25) is 5.32 Å². The fourth-order valence-corrected chi connectivity index (χ4v) is 8.36. The molecule has 10 aromatic rings. The highest BCUT2D eigenvalue weighted by molar-refractivity contribution is 6.14. The van der Waals surface area contributed by atoms with Gasteiger partial charge in [-0.1, -0.05) is 152 Å². The Hall–Kier alpha value is -7.21. The third-order valence-electron chi connectivity index (χ3n) is 11.0. The predicted octanol–water partition coefficient (Wildman–Crippen LogP) is 12.8. The van der Waals surface area contributed by atoms with Crippen molar-refractivity contribution in [3.05, 3.63) is 205 Å². The zero-order chi connectivity index (χ0) is 37.0. The summed E-state index contributed by atoms with van der Waals surface area (Å²) in [5, 5.41) is 12.1. The number of aliphatic imine (C=N–C) groups is 1. The molecule has 0 aliphatic carbocycles. The van der Waals surface area contributed by atoms with Crippen LogP contribution in [0.15, 0.2) is 202 Å². The van der Waals surface area contributed by atoms with Gasteiger partial charge in [0.1, 0.15) is 40.5 Å². The van der Waals surface area contributed by atoms with Crippen molar-refractivity contribution in [2.75, 3.05) is 0 Å². The van der Waals surface area contributed by atoms with Gasteiger partial charge < -0.3 is 14.2 Å². The van der Waals surface area contributed by atoms with E-state index in [-0.39, 0.29) is 6.17 Å². The van der Waals surface area contributed by atoms with Gasteiger partial charge in [-0.15, -0.1) is 0 Å². The lowest BCUT2D eigenvalue weighted by molar-refractivity contribution is 0.410. The minimum absolute atomic E-state index is 0.346. The quantitative estimate of drug-likeness (QED) is 0.179. The van der Waals surface area contributed by atoms with E-state index in [2.05, 4.69) is 187 Å². The van der Waals surface area contributed by atoms with Gasteiger partial charge in [0.05, 0.1) is 0 Å². The monoisotopic (exact) mass is 721 g/mol. The number of fused-ring (bicyclic) bond motifs is 6. The van der Waals surface area contributed by atoms with Crippen LogP contribution in [0.2, 0.25) is 0 Å². The number of benzene rings is 8. The van der Waals surface area contributed by atoms with Crippen molar-refractivity contribution in [1.82, 2.24) is 10.6 Å². The van der Waals surface area contributed by atoms with E-state index in [1.165, 1.54) is 0 Å². The molecule has 3 heterocycles. The molecule has 2 aromatic heterocycles. The summed E-state index contributed by atoms with van der Waals surface area (Å²) in [4.78, 5) is 5.49. The molecule has 1 aliphatic rings. The van der Waals surface area contributed by atoms with Crippen molar-refractivity contribution >= 4 is 49.7 Å². The van der Waals surface area contributed by atoms with Gasteiger partial charge in [-0.05, 0) is 69.8 Å². The fraction of sp³-hybridized carbons (Fsp3) is 0.0392. The first-order valence-corrected chi connectivity index (χ1v) is 19.0. The first-order valence-electron chi connectivity index (χ1n) is 19.0. The zero-order valence-electron chi connectivity index (χ0n) is 30.3. The SMILES string of the molecule is c1ccc(-c2cc(C3=NC(c4cccc5c4oc4ccccc45)NC(c4cccc5oc6cccc(-c7ccccc7)c6c45)N3)cc(-c3ccccc3)c2)cc1. The average Bonchev–Trinajstić information content (AvgIpc) is 3.86. The van der Waals surface area contributed by atoms with Crippen molar-refractivity contribution in [3.63, 3.8) is 0 Å². The molecule has 5 heteroatoms. The fourth-order valence-electron chi connectivity index (χ4n) is 8.36. The molecule has 266 valence electrons. The molecule has 1 aliphatic heterocycles. The molecule has 0 saturated heterocycles. The third-order valence-corrected chi connectivity index (χ3v) is 11.0. The lowest BCUT2D eigenvalue weighted by atomic mass is 9.94. The first-order chi connectivity index (χ1) is 27.7. The van der Waals surface area contributed by atoms with Gasteiger partial charge in [0.15, 0.2) is 0 Å². The predicted molar refractivity (Wildman–Crippen MR) is 228 cm³/mol. The molecule has 0 bridgehead atoms. The van der Waals surface area contributed by atoms with Crippen LogP contribution in [-0.2, 0) is 0 Å². The van der Waals surface area contributed by atoms with Crippen molar-refractivity contribution in [1.29, 1.82) is 0 Å². The summed E-state index contributed by atoms with van der Waals surface area (Å²) in [6.07, 6.45) is -0.788. The third kappa shape index (κ3) is 5.48. The molecule has 0 spiro atoms. The maximum Gasteiger partial charge on any atom is 0.142 e. The number of nitrogens with one attached hydrogen (secondary N) is 2. The number of amidine groups is 1. The highest BCUT2D eigenvalue weighted by Gasteiger charge is 2.30. The Labute approximate surface area is 323 Å². The van der Waals surface area contributed by atoms with Crippen molar-refractivity contribution in [3.8, 4) is 33.4 Å². The molecule has 5 nitrogen and oxygen atoms in total. The molecule has 8 aromatic carbocycles. The van der Waals surface area contributed by atoms with Crippen molar-refractivity contribution < 1.29 is 8.83 Å². The summed E-state index contributed by atoms with van der Waals surface area (Å²) in [5.74, 6) is 0.787. The smallest absolute Gasteiger partial charge is 0.142 e. The maximum atomic E-state index is 6.61. The van der Waals surface area contributed by atoms with E-state index < -0.39 is 6.17 Å². The summed E-state index contributed by atoms with van der Waals surface area (Å²) in [6, 6.07) is 65.6. The number of hydrogen-bond acceptors (Lipinski definition) is 5. The van der Waals surface area contributed by atoms with E-state index in [9.17, 15) is 0 Å². The minimum atomic E-state index is -0.442. The van der Waals surface area contributed by atoms with Crippen LogP contribution in [0.5, 0.6) is 0 Å². The van der Waals surface area contributed by atoms with Crippen LogP contribution in [0.1, 0.15) is 29.0 Å². The Morgan fingerprint density at radius 1 is 0.411 bits per heavy atom. The van der Waals surface area contributed by atoms with Crippen LogP contribution in [0.4, 0.5) is 0 Å². The Morgan fingerprint density at radius 2 is 0.964 bits per heavy atom. The van der Waals surface area contributed by atoms with Crippen LogP contribution in [0, 0.1) is 0 Å². The van der Waals surface area contributed by atoms with E-state index in [1.54, 1.807) is 0 Å². The van der Waals surface area contributed by atoms with E-state index >= 15 is 0 Å². The lowest BCUT2D eigenvalue weighted by Gasteiger charge is -2.32. The molecule has 0 radical (unpaired) electrons. The molecule has 2 unspecified atom stereocenters. The summed E-state index contributed by atoms with van der Waals surface area (Å²) < 4.78 is 13.2. The van der Waals surface area contributed by atoms with Crippen LogP contribution in [0.25, 0.3) is 77.3 Å². The molecule has 0 amide bonds. The molecular weight excluding hydrogens is 687 g/mol. The molecule has 2 atom stereocenters. The molecule has 11 rings (SSSR count). The Morgan fingerprint density at radius 3 is 1.70 bits per heavy atom. The largest absolute Gasteiger partial charge is 0.456 e. The van der Waals surface area contributed by atoms with Gasteiger partial charge >= 0.3 is 0 Å². The zero-order valence-corrected chi connectivity index (χ0v) is 30.3. The number of para-hydroxylation sites is 2. The lowest BCUT2D eigenvalue weighted by Crippen LogP contribution is -2.45. The first kappa shape index (κ1) is 32.2. The van der Waals surface area contributed by atoms with Gasteiger partial charge in [0.25, 0.3) is 0 Å². The van der Waals surface area contributed by atoms with Gasteiger partial charge in [0, 0.05) is 38.2 Å². The Bertz CT molecular complexity index is 3030. The van der Waals surface area contributed by atoms with E-state index in [4.69, 9.17) is 13.8 Å². The number of nitrogens with zero attached hydrogens (tertiary/aromatic N) is 1. The average molecular weight is 722 g/mol. The topological polar surface area (TPSA) is 62.7 Å². The second-order valence-electron chi connectivity index (χ2n) is 14.3. The van der Waals surface area contributed by atoms with E-state index in [1.807, 2.05) is 12.1 Å². The highest BCUT2D eigenvalue weighted by Crippen LogP contribution is 2.42. The van der Waals surface area contributed by atoms with Crippen LogP contribution in [0.3, 0.4) is 0 Å². The summed E-state index contributed by atoms with van der Waals surface area (Å²) in [6.45, 7) is 0. The maximum absolute atomic E-state index is 6.61. The summed E-state index contributed by atoms with van der Waals surface area (Å²) in [5.41, 5.74) is 13.2. The number of hydrogen-bond donors (Lipinski definition) is 2. The molecule has 56 heavy (non-hydrogen) atoms. The molecule has 0 fully saturated rings. The number of rotatable bonds is 6. The normalized spacial score (nSPS) is 15.7. The van der Waals surface area contributed by atoms with Gasteiger partial charge in [0.2, 0.25) is 0 Å². The van der Waals surface area contributed by atoms with Gasteiger partial charge in [-0.2, -0.15) is 0 Å². The second kappa shape index (κ2) is 13.3. The van der Waals surface area contributed by atoms with Gasteiger partial charge in [-0.25, -0.2) is 4.99 Å². The number of furan rings is 2. The van der Waals surface area contributed by atoms with Crippen LogP contribution >= 0.6 is 0 Å². The summed E-state index contributed by atoms with van der Waals surface area (Å²) >= 11 is 0. The van der Waals surface area contributed by atoms with E-state index in [0.717, 1.165) is 99.8 Å². The summed E-state index contributed by atoms with van der Waals surface area (Å²) in [7, 11) is 0. The van der Waals surface area contributed by atoms with Crippen molar-refractivity contribution in [2.24, 2.45) is 4.99 Å². The molecule has 0 saturated carbocycles. The van der Waals surface area contributed by atoms with Crippen LogP contribution < -0.4 is 10.6 Å². The minimum Gasteiger partial charge on any atom is -0.456 e. The van der Waals surface area contributed by atoms with E-state index in [0.29, 0.717) is 0 Å². The van der Waals surface area contributed by atoms with Crippen LogP contribution in [-0.4, -0.2) is 5.84 Å².